The second-order valence-corrected chi connectivity index (χ2v) is 7.90. The Balaban J connectivity index is 1.64. The Morgan fingerprint density at radius 2 is 2.09 bits per heavy atom. The molecule has 0 fully saturated rings. The number of rotatable bonds is 4. The molecule has 1 unspecified atom stereocenters. The molecule has 0 radical (unpaired) electrons. The van der Waals surface area contributed by atoms with E-state index in [1.165, 1.54) is 17.4 Å². The number of carbonyl (C=O) groups is 1. The van der Waals surface area contributed by atoms with Crippen LogP contribution in [0.25, 0.3) is 0 Å². The maximum absolute atomic E-state index is 12.1. The molecular formula is C15H14N2O3S2. The summed E-state index contributed by atoms with van der Waals surface area (Å²) in [5.74, 6) is -0.429. The molecule has 0 aliphatic carbocycles. The molecule has 1 aliphatic heterocycles. The molecule has 1 atom stereocenters. The van der Waals surface area contributed by atoms with Crippen molar-refractivity contribution >= 4 is 27.1 Å². The minimum Gasteiger partial charge on any atom is -0.343 e. The Labute approximate surface area is 132 Å². The zero-order chi connectivity index (χ0) is 15.6. The number of hydrogen-bond donors (Lipinski definition) is 1. The summed E-state index contributed by atoms with van der Waals surface area (Å²) in [6, 6.07) is 9.42. The minimum atomic E-state index is -3.17. The maximum Gasteiger partial charge on any atom is 0.271 e. The largest absolute Gasteiger partial charge is 0.343 e. The van der Waals surface area contributed by atoms with Gasteiger partial charge in [0.25, 0.3) is 5.91 Å². The summed E-state index contributed by atoms with van der Waals surface area (Å²) in [6.07, 6.45) is 2.17. The first-order valence-corrected chi connectivity index (χ1v) is 9.31. The molecule has 0 bridgehead atoms. The normalized spacial score (nSPS) is 19.2. The molecule has 1 amide bonds. The lowest BCUT2D eigenvalue weighted by atomic mass is 10.2. The Kier molecular flexibility index (Phi) is 4.08. The van der Waals surface area contributed by atoms with Crippen molar-refractivity contribution in [1.82, 2.24) is 10.3 Å². The number of carbonyl (C=O) groups excluding carboxylic acids is 1. The molecule has 1 aliphatic rings. The molecule has 3 rings (SSSR count). The number of nitrogens with one attached hydrogen (secondary N) is 1. The molecule has 2 heterocycles. The van der Waals surface area contributed by atoms with Gasteiger partial charge in [0.2, 0.25) is 0 Å². The van der Waals surface area contributed by atoms with Gasteiger partial charge in [0.05, 0.1) is 16.8 Å². The molecule has 5 nitrogen and oxygen atoms in total. The zero-order valence-corrected chi connectivity index (χ0v) is 13.2. The fourth-order valence-corrected chi connectivity index (χ4v) is 4.22. The van der Waals surface area contributed by atoms with E-state index in [0.717, 1.165) is 16.0 Å². The molecule has 1 aromatic heterocycles. The first-order valence-electron chi connectivity index (χ1n) is 6.72. The Morgan fingerprint density at radius 3 is 2.77 bits per heavy atom. The monoisotopic (exact) mass is 334 g/mol. The van der Waals surface area contributed by atoms with Crippen LogP contribution in [0.4, 0.5) is 0 Å². The number of nitrogens with zero attached hydrogens (tertiary/aromatic N) is 1. The number of aromatic nitrogens is 1. The Bertz CT molecular complexity index is 810. The standard InChI is InChI=1S/C15H14N2O3S2/c18-15(16-12-6-7-22(19,20)10-12)13-9-21-14(17-13)8-11-4-2-1-3-5-11/h1-7,9,12H,8,10H2,(H,16,18). The van der Waals surface area contributed by atoms with Crippen molar-refractivity contribution in [3.8, 4) is 0 Å². The molecule has 0 saturated heterocycles. The third-order valence-electron chi connectivity index (χ3n) is 3.23. The van der Waals surface area contributed by atoms with Gasteiger partial charge in [-0.1, -0.05) is 30.3 Å². The van der Waals surface area contributed by atoms with Gasteiger partial charge in [0.15, 0.2) is 9.84 Å². The summed E-state index contributed by atoms with van der Waals surface area (Å²) in [5.41, 5.74) is 1.46. The fraction of sp³-hybridized carbons (Fsp3) is 0.200. The van der Waals surface area contributed by atoms with Crippen molar-refractivity contribution in [3.63, 3.8) is 0 Å². The highest BCUT2D eigenvalue weighted by Gasteiger charge is 2.24. The zero-order valence-electron chi connectivity index (χ0n) is 11.6. The van der Waals surface area contributed by atoms with Crippen LogP contribution >= 0.6 is 11.3 Å². The Morgan fingerprint density at radius 1 is 1.32 bits per heavy atom. The molecule has 0 saturated carbocycles. The number of thiazole rings is 1. The van der Waals surface area contributed by atoms with Crippen LogP contribution in [0.15, 0.2) is 47.2 Å². The van der Waals surface area contributed by atoms with Crippen molar-refractivity contribution < 1.29 is 13.2 Å². The van der Waals surface area contributed by atoms with E-state index in [9.17, 15) is 13.2 Å². The lowest BCUT2D eigenvalue weighted by molar-refractivity contribution is 0.0943. The van der Waals surface area contributed by atoms with E-state index in [2.05, 4.69) is 10.3 Å². The first kappa shape index (κ1) is 14.9. The van der Waals surface area contributed by atoms with Crippen LogP contribution in [0.1, 0.15) is 21.1 Å². The van der Waals surface area contributed by atoms with Crippen molar-refractivity contribution in [1.29, 1.82) is 0 Å². The van der Waals surface area contributed by atoms with E-state index in [0.29, 0.717) is 12.1 Å². The van der Waals surface area contributed by atoms with Crippen molar-refractivity contribution in [2.24, 2.45) is 0 Å². The average molecular weight is 334 g/mol. The average Bonchev–Trinajstić information content (AvgIpc) is 3.07. The summed E-state index contributed by atoms with van der Waals surface area (Å²) in [5, 5.41) is 6.35. The molecule has 7 heteroatoms. The van der Waals surface area contributed by atoms with Crippen LogP contribution < -0.4 is 5.32 Å². The van der Waals surface area contributed by atoms with Gasteiger partial charge in [-0.25, -0.2) is 13.4 Å². The Hall–Kier alpha value is -1.99. The SMILES string of the molecule is O=C(NC1C=CS(=O)(=O)C1)c1csc(Cc2ccccc2)n1. The summed E-state index contributed by atoms with van der Waals surface area (Å²) in [6.45, 7) is 0. The van der Waals surface area contributed by atoms with Gasteiger partial charge in [-0.3, -0.25) is 4.79 Å². The van der Waals surface area contributed by atoms with Gasteiger partial charge in [-0.2, -0.15) is 0 Å². The van der Waals surface area contributed by atoms with Gasteiger partial charge < -0.3 is 5.32 Å². The van der Waals surface area contributed by atoms with E-state index in [4.69, 9.17) is 0 Å². The maximum atomic E-state index is 12.1. The highest BCUT2D eigenvalue weighted by atomic mass is 32.2. The second kappa shape index (κ2) is 6.02. The van der Waals surface area contributed by atoms with Gasteiger partial charge in [-0.15, -0.1) is 11.3 Å². The van der Waals surface area contributed by atoms with E-state index >= 15 is 0 Å². The fourth-order valence-electron chi connectivity index (χ4n) is 2.17. The molecule has 22 heavy (non-hydrogen) atoms. The third-order valence-corrected chi connectivity index (χ3v) is 5.47. The van der Waals surface area contributed by atoms with Gasteiger partial charge >= 0.3 is 0 Å². The van der Waals surface area contributed by atoms with E-state index in [1.807, 2.05) is 30.3 Å². The number of sulfone groups is 1. The molecular weight excluding hydrogens is 320 g/mol. The minimum absolute atomic E-state index is 0.0836. The highest BCUT2D eigenvalue weighted by molar-refractivity contribution is 7.94. The summed E-state index contributed by atoms with van der Waals surface area (Å²) in [7, 11) is -3.17. The van der Waals surface area contributed by atoms with E-state index in [-0.39, 0.29) is 11.7 Å². The summed E-state index contributed by atoms with van der Waals surface area (Å²) >= 11 is 1.42. The summed E-state index contributed by atoms with van der Waals surface area (Å²) < 4.78 is 22.6. The number of benzene rings is 1. The van der Waals surface area contributed by atoms with Crippen LogP contribution in [0.5, 0.6) is 0 Å². The number of amides is 1. The van der Waals surface area contributed by atoms with Crippen LogP contribution in [0, 0.1) is 0 Å². The predicted molar refractivity (Wildman–Crippen MR) is 85.5 cm³/mol. The molecule has 114 valence electrons. The molecule has 1 N–H and O–H groups in total. The van der Waals surface area contributed by atoms with Crippen LogP contribution in [-0.4, -0.2) is 31.1 Å². The lowest BCUT2D eigenvalue weighted by Crippen LogP contribution is -2.35. The second-order valence-electron chi connectivity index (χ2n) is 5.03. The third kappa shape index (κ3) is 3.61. The van der Waals surface area contributed by atoms with Gasteiger partial charge in [-0.05, 0) is 11.6 Å². The summed E-state index contributed by atoms with van der Waals surface area (Å²) in [4.78, 5) is 16.4. The number of hydrogen-bond acceptors (Lipinski definition) is 5. The quantitative estimate of drug-likeness (QED) is 0.924. The highest BCUT2D eigenvalue weighted by Crippen LogP contribution is 2.15. The smallest absolute Gasteiger partial charge is 0.271 e. The van der Waals surface area contributed by atoms with E-state index < -0.39 is 15.9 Å². The van der Waals surface area contributed by atoms with E-state index in [1.54, 1.807) is 5.38 Å². The topological polar surface area (TPSA) is 76.1 Å². The van der Waals surface area contributed by atoms with Crippen LogP contribution in [-0.2, 0) is 16.3 Å². The van der Waals surface area contributed by atoms with Crippen molar-refractivity contribution in [3.05, 3.63) is 63.5 Å². The molecule has 1 aromatic carbocycles. The van der Waals surface area contributed by atoms with Crippen molar-refractivity contribution in [2.45, 2.75) is 12.5 Å². The van der Waals surface area contributed by atoms with Crippen LogP contribution in [0.3, 0.4) is 0 Å². The lowest BCUT2D eigenvalue weighted by Gasteiger charge is -2.07. The molecule has 0 spiro atoms. The van der Waals surface area contributed by atoms with Crippen LogP contribution in [0.2, 0.25) is 0 Å². The van der Waals surface area contributed by atoms with Crippen molar-refractivity contribution in [2.75, 3.05) is 5.75 Å². The van der Waals surface area contributed by atoms with Gasteiger partial charge in [0, 0.05) is 17.2 Å². The first-order chi connectivity index (χ1) is 10.5. The predicted octanol–water partition coefficient (Wildman–Crippen LogP) is 1.77. The molecule has 2 aromatic rings. The van der Waals surface area contributed by atoms with Gasteiger partial charge in [0.1, 0.15) is 5.69 Å².